The maximum absolute atomic E-state index is 2.63. The summed E-state index contributed by atoms with van der Waals surface area (Å²) in [4.78, 5) is 2.63. The smallest absolute Gasteiger partial charge is 0.00138 e. The molecule has 0 saturated carbocycles. The molecule has 0 aromatic carbocycles. The highest BCUT2D eigenvalue weighted by Crippen LogP contribution is 2.19. The first-order valence-electron chi connectivity index (χ1n) is 6.57. The van der Waals surface area contributed by atoms with Crippen molar-refractivity contribution < 1.29 is 0 Å². The minimum atomic E-state index is 0.476. The standard InChI is InChI=1S/C14H31N/c1-7-10-15(11-8-13(2)3)12-9-14(4,5)6/h13H,7-12H2,1-6H3. The van der Waals surface area contributed by atoms with Crippen LogP contribution < -0.4 is 0 Å². The van der Waals surface area contributed by atoms with E-state index in [0.717, 1.165) is 5.92 Å². The zero-order chi connectivity index (χ0) is 11.9. The second kappa shape index (κ2) is 7.27. The van der Waals surface area contributed by atoms with Gasteiger partial charge in [0.05, 0.1) is 0 Å². The van der Waals surface area contributed by atoms with Crippen LogP contribution in [-0.2, 0) is 0 Å². The zero-order valence-electron chi connectivity index (χ0n) is 11.8. The van der Waals surface area contributed by atoms with Gasteiger partial charge in [-0.1, -0.05) is 41.5 Å². The topological polar surface area (TPSA) is 3.24 Å². The lowest BCUT2D eigenvalue weighted by atomic mass is 9.92. The van der Waals surface area contributed by atoms with E-state index in [2.05, 4.69) is 46.4 Å². The van der Waals surface area contributed by atoms with Crippen molar-refractivity contribution in [1.29, 1.82) is 0 Å². The van der Waals surface area contributed by atoms with Gasteiger partial charge in [-0.25, -0.2) is 0 Å². The molecule has 1 nitrogen and oxygen atoms in total. The quantitative estimate of drug-likeness (QED) is 0.613. The summed E-state index contributed by atoms with van der Waals surface area (Å²) in [7, 11) is 0. The molecular formula is C14H31N. The number of nitrogens with zero attached hydrogens (tertiary/aromatic N) is 1. The Kier molecular flexibility index (Phi) is 7.25. The third-order valence-corrected chi connectivity index (χ3v) is 2.74. The SMILES string of the molecule is CCCN(CCC(C)C)CCC(C)(C)C. The highest BCUT2D eigenvalue weighted by Gasteiger charge is 2.13. The average Bonchev–Trinajstić information content (AvgIpc) is 2.08. The van der Waals surface area contributed by atoms with Crippen molar-refractivity contribution in [1.82, 2.24) is 4.90 Å². The van der Waals surface area contributed by atoms with Crippen LogP contribution in [0.25, 0.3) is 0 Å². The maximum Gasteiger partial charge on any atom is -0.00138 e. The first-order chi connectivity index (χ1) is 6.85. The van der Waals surface area contributed by atoms with E-state index in [4.69, 9.17) is 0 Å². The number of hydrogen-bond acceptors (Lipinski definition) is 1. The summed E-state index contributed by atoms with van der Waals surface area (Å²) < 4.78 is 0. The summed E-state index contributed by atoms with van der Waals surface area (Å²) in [5, 5.41) is 0. The van der Waals surface area contributed by atoms with E-state index in [1.807, 2.05) is 0 Å². The maximum atomic E-state index is 2.63. The molecule has 0 fully saturated rings. The molecule has 0 heterocycles. The minimum absolute atomic E-state index is 0.476. The highest BCUT2D eigenvalue weighted by atomic mass is 15.1. The van der Waals surface area contributed by atoms with Crippen molar-refractivity contribution in [2.45, 2.75) is 60.8 Å². The lowest BCUT2D eigenvalue weighted by Crippen LogP contribution is -2.30. The third-order valence-electron chi connectivity index (χ3n) is 2.74. The van der Waals surface area contributed by atoms with E-state index in [1.54, 1.807) is 0 Å². The van der Waals surface area contributed by atoms with Crippen molar-refractivity contribution >= 4 is 0 Å². The molecule has 0 radical (unpaired) electrons. The molecule has 1 heteroatoms. The van der Waals surface area contributed by atoms with Gasteiger partial charge in [-0.05, 0) is 50.2 Å². The normalized spacial score (nSPS) is 12.8. The second-order valence-corrected chi connectivity index (χ2v) is 6.33. The van der Waals surface area contributed by atoms with Gasteiger partial charge in [0.1, 0.15) is 0 Å². The van der Waals surface area contributed by atoms with Gasteiger partial charge in [0.2, 0.25) is 0 Å². The van der Waals surface area contributed by atoms with Crippen LogP contribution in [0.2, 0.25) is 0 Å². The first kappa shape index (κ1) is 15.0. The predicted octanol–water partition coefficient (Wildman–Crippen LogP) is 4.18. The fourth-order valence-electron chi connectivity index (χ4n) is 1.59. The summed E-state index contributed by atoms with van der Waals surface area (Å²) in [6.45, 7) is 17.7. The molecule has 0 aromatic heterocycles. The van der Waals surface area contributed by atoms with Crippen molar-refractivity contribution in [3.63, 3.8) is 0 Å². The summed E-state index contributed by atoms with van der Waals surface area (Å²) in [5.41, 5.74) is 0.476. The van der Waals surface area contributed by atoms with Crippen molar-refractivity contribution in [2.75, 3.05) is 19.6 Å². The molecule has 0 spiro atoms. The van der Waals surface area contributed by atoms with Crippen LogP contribution in [0.4, 0.5) is 0 Å². The van der Waals surface area contributed by atoms with Crippen LogP contribution >= 0.6 is 0 Å². The van der Waals surface area contributed by atoms with Gasteiger partial charge in [-0.15, -0.1) is 0 Å². The fraction of sp³-hybridized carbons (Fsp3) is 1.00. The van der Waals surface area contributed by atoms with Gasteiger partial charge >= 0.3 is 0 Å². The zero-order valence-corrected chi connectivity index (χ0v) is 11.8. The van der Waals surface area contributed by atoms with E-state index in [0.29, 0.717) is 5.41 Å². The van der Waals surface area contributed by atoms with E-state index in [-0.39, 0.29) is 0 Å². The Labute approximate surface area is 97.2 Å². The average molecular weight is 213 g/mol. The van der Waals surface area contributed by atoms with Crippen LogP contribution in [0.1, 0.15) is 60.8 Å². The van der Waals surface area contributed by atoms with E-state index in [9.17, 15) is 0 Å². The van der Waals surface area contributed by atoms with Gasteiger partial charge < -0.3 is 4.90 Å². The van der Waals surface area contributed by atoms with Gasteiger partial charge in [0.15, 0.2) is 0 Å². The molecule has 0 aromatic rings. The molecule has 0 amide bonds. The Morgan fingerprint density at radius 1 is 1.00 bits per heavy atom. The lowest BCUT2D eigenvalue weighted by molar-refractivity contribution is 0.218. The molecule has 0 N–H and O–H groups in total. The van der Waals surface area contributed by atoms with Gasteiger partial charge in [-0.3, -0.25) is 0 Å². The Morgan fingerprint density at radius 3 is 2.00 bits per heavy atom. The molecule has 0 atom stereocenters. The summed E-state index contributed by atoms with van der Waals surface area (Å²) >= 11 is 0. The van der Waals surface area contributed by atoms with Crippen molar-refractivity contribution in [3.8, 4) is 0 Å². The Bertz CT molecular complexity index is 144. The van der Waals surface area contributed by atoms with Crippen LogP contribution in [0.15, 0.2) is 0 Å². The Morgan fingerprint density at radius 2 is 1.60 bits per heavy atom. The fourth-order valence-corrected chi connectivity index (χ4v) is 1.59. The van der Waals surface area contributed by atoms with Gasteiger partial charge in [0, 0.05) is 0 Å². The molecule has 0 aliphatic carbocycles. The Hall–Kier alpha value is -0.0400. The summed E-state index contributed by atoms with van der Waals surface area (Å²) in [6, 6.07) is 0. The third kappa shape index (κ3) is 10.2. The molecule has 92 valence electrons. The molecule has 0 aliphatic rings. The van der Waals surface area contributed by atoms with Crippen LogP contribution in [0.3, 0.4) is 0 Å². The minimum Gasteiger partial charge on any atom is -0.303 e. The molecule has 0 bridgehead atoms. The van der Waals surface area contributed by atoms with E-state index in [1.165, 1.54) is 38.9 Å². The van der Waals surface area contributed by atoms with Crippen LogP contribution in [0.5, 0.6) is 0 Å². The molecule has 0 rings (SSSR count). The Balaban J connectivity index is 3.82. The largest absolute Gasteiger partial charge is 0.303 e. The molecule has 15 heavy (non-hydrogen) atoms. The highest BCUT2D eigenvalue weighted by molar-refractivity contribution is 4.66. The molecule has 0 saturated heterocycles. The van der Waals surface area contributed by atoms with E-state index < -0.39 is 0 Å². The first-order valence-corrected chi connectivity index (χ1v) is 6.57. The lowest BCUT2D eigenvalue weighted by Gasteiger charge is -2.27. The number of rotatable bonds is 7. The second-order valence-electron chi connectivity index (χ2n) is 6.33. The number of hydrogen-bond donors (Lipinski definition) is 0. The summed E-state index contributed by atoms with van der Waals surface area (Å²) in [6.07, 6.45) is 3.93. The van der Waals surface area contributed by atoms with Crippen molar-refractivity contribution in [3.05, 3.63) is 0 Å². The van der Waals surface area contributed by atoms with Gasteiger partial charge in [0.25, 0.3) is 0 Å². The van der Waals surface area contributed by atoms with Crippen LogP contribution in [-0.4, -0.2) is 24.5 Å². The predicted molar refractivity (Wildman–Crippen MR) is 70.3 cm³/mol. The van der Waals surface area contributed by atoms with Crippen LogP contribution in [0, 0.1) is 11.3 Å². The molecular weight excluding hydrogens is 182 g/mol. The monoisotopic (exact) mass is 213 g/mol. The van der Waals surface area contributed by atoms with Gasteiger partial charge in [-0.2, -0.15) is 0 Å². The van der Waals surface area contributed by atoms with E-state index >= 15 is 0 Å². The molecule has 0 unspecified atom stereocenters. The summed E-state index contributed by atoms with van der Waals surface area (Å²) in [5.74, 6) is 0.832. The molecule has 0 aliphatic heterocycles. The van der Waals surface area contributed by atoms with Crippen molar-refractivity contribution in [2.24, 2.45) is 11.3 Å².